The standard InChI is InChI=1S/C25H30N6O2/c1-5-16-10-15(2)6-7-20(16)28-24-19(23(26)32)13-27-25(30-24)29-21-11-18-14-31(3)9-8-17(18)12-22(21)33-4/h6-7,10-13H,5,8-9,14H2,1-4H3,(H2,26,32)(H2,27,28,29,30). The highest BCUT2D eigenvalue weighted by Gasteiger charge is 2.19. The van der Waals surface area contributed by atoms with Crippen molar-refractivity contribution in [2.24, 2.45) is 5.73 Å². The molecule has 172 valence electrons. The molecule has 1 amide bonds. The summed E-state index contributed by atoms with van der Waals surface area (Å²) >= 11 is 0. The Hall–Kier alpha value is -3.65. The lowest BCUT2D eigenvalue weighted by Gasteiger charge is -2.26. The van der Waals surface area contributed by atoms with E-state index >= 15 is 0 Å². The van der Waals surface area contributed by atoms with E-state index in [1.54, 1.807) is 7.11 Å². The molecule has 0 unspecified atom stereocenters. The van der Waals surface area contributed by atoms with E-state index in [0.29, 0.717) is 11.8 Å². The van der Waals surface area contributed by atoms with Crippen molar-refractivity contribution in [1.82, 2.24) is 14.9 Å². The van der Waals surface area contributed by atoms with Gasteiger partial charge in [-0.25, -0.2) is 4.98 Å². The van der Waals surface area contributed by atoms with Gasteiger partial charge in [0.2, 0.25) is 5.95 Å². The average Bonchev–Trinajstić information content (AvgIpc) is 2.79. The van der Waals surface area contributed by atoms with Gasteiger partial charge >= 0.3 is 0 Å². The highest BCUT2D eigenvalue weighted by Crippen LogP contribution is 2.33. The van der Waals surface area contributed by atoms with Crippen molar-refractivity contribution in [3.63, 3.8) is 0 Å². The third kappa shape index (κ3) is 4.90. The van der Waals surface area contributed by atoms with Gasteiger partial charge in [0.1, 0.15) is 17.1 Å². The second-order valence-electron chi connectivity index (χ2n) is 8.39. The molecule has 0 spiro atoms. The molecule has 0 atom stereocenters. The predicted molar refractivity (Wildman–Crippen MR) is 131 cm³/mol. The van der Waals surface area contributed by atoms with E-state index in [0.717, 1.165) is 48.6 Å². The highest BCUT2D eigenvalue weighted by molar-refractivity contribution is 5.98. The summed E-state index contributed by atoms with van der Waals surface area (Å²) in [4.78, 5) is 23.2. The van der Waals surface area contributed by atoms with Crippen LogP contribution >= 0.6 is 0 Å². The molecule has 0 radical (unpaired) electrons. The van der Waals surface area contributed by atoms with Gasteiger partial charge in [-0.15, -0.1) is 0 Å². The van der Waals surface area contributed by atoms with Crippen LogP contribution in [0.4, 0.5) is 23.1 Å². The van der Waals surface area contributed by atoms with Gasteiger partial charge in [0.15, 0.2) is 0 Å². The number of carbonyl (C=O) groups is 1. The number of aryl methyl sites for hydroxylation is 2. The number of fused-ring (bicyclic) bond motifs is 1. The molecule has 0 fully saturated rings. The summed E-state index contributed by atoms with van der Waals surface area (Å²) in [6, 6.07) is 10.3. The molecule has 1 aliphatic heterocycles. The van der Waals surface area contributed by atoms with Crippen molar-refractivity contribution >= 4 is 29.0 Å². The van der Waals surface area contributed by atoms with Gasteiger partial charge in [-0.05, 0) is 61.7 Å². The summed E-state index contributed by atoms with van der Waals surface area (Å²) in [7, 11) is 3.76. The molecule has 8 heteroatoms. The minimum absolute atomic E-state index is 0.224. The molecular formula is C25H30N6O2. The number of nitrogens with one attached hydrogen (secondary N) is 2. The molecule has 8 nitrogen and oxygen atoms in total. The van der Waals surface area contributed by atoms with Crippen LogP contribution in [0.2, 0.25) is 0 Å². The number of likely N-dealkylation sites (N-methyl/N-ethyl adjacent to an activating group) is 1. The normalized spacial score (nSPS) is 13.3. The first-order valence-electron chi connectivity index (χ1n) is 11.1. The molecule has 4 rings (SSSR count). The lowest BCUT2D eigenvalue weighted by atomic mass is 9.99. The number of amides is 1. The highest BCUT2D eigenvalue weighted by atomic mass is 16.5. The second kappa shape index (κ2) is 9.46. The quantitative estimate of drug-likeness (QED) is 0.505. The van der Waals surface area contributed by atoms with Crippen LogP contribution in [0.15, 0.2) is 36.5 Å². The zero-order valence-corrected chi connectivity index (χ0v) is 19.5. The Morgan fingerprint density at radius 3 is 2.73 bits per heavy atom. The number of hydrogen-bond donors (Lipinski definition) is 3. The van der Waals surface area contributed by atoms with Gasteiger partial charge in [-0.3, -0.25) is 4.79 Å². The van der Waals surface area contributed by atoms with Crippen molar-refractivity contribution < 1.29 is 9.53 Å². The zero-order valence-electron chi connectivity index (χ0n) is 19.5. The molecular weight excluding hydrogens is 416 g/mol. The lowest BCUT2D eigenvalue weighted by molar-refractivity contribution is 0.100. The van der Waals surface area contributed by atoms with E-state index in [1.165, 1.54) is 22.9 Å². The second-order valence-corrected chi connectivity index (χ2v) is 8.39. The molecule has 1 aromatic heterocycles. The van der Waals surface area contributed by atoms with Gasteiger partial charge in [0.05, 0.1) is 12.8 Å². The van der Waals surface area contributed by atoms with Crippen LogP contribution < -0.4 is 21.1 Å². The summed E-state index contributed by atoms with van der Waals surface area (Å²) in [6.45, 7) is 6.03. The van der Waals surface area contributed by atoms with Crippen molar-refractivity contribution in [3.05, 3.63) is 64.3 Å². The van der Waals surface area contributed by atoms with Crippen molar-refractivity contribution in [3.8, 4) is 5.75 Å². The van der Waals surface area contributed by atoms with E-state index in [2.05, 4.69) is 57.7 Å². The average molecular weight is 447 g/mol. The fourth-order valence-electron chi connectivity index (χ4n) is 4.10. The van der Waals surface area contributed by atoms with Crippen LogP contribution in [0, 0.1) is 6.92 Å². The molecule has 2 aromatic carbocycles. The SMILES string of the molecule is CCc1cc(C)ccc1Nc1nc(Nc2cc3c(cc2OC)CCN(C)C3)ncc1C(N)=O. The number of nitrogens with zero attached hydrogens (tertiary/aromatic N) is 3. The van der Waals surface area contributed by atoms with Gasteiger partial charge in [-0.2, -0.15) is 4.98 Å². The number of anilines is 4. The molecule has 33 heavy (non-hydrogen) atoms. The first kappa shape index (κ1) is 22.5. The van der Waals surface area contributed by atoms with Crippen molar-refractivity contribution in [2.45, 2.75) is 33.2 Å². The predicted octanol–water partition coefficient (Wildman–Crippen LogP) is 3.93. The van der Waals surface area contributed by atoms with Gasteiger partial charge in [0.25, 0.3) is 5.91 Å². The number of ether oxygens (including phenoxy) is 1. The maximum absolute atomic E-state index is 12.0. The number of carbonyl (C=O) groups excluding carboxylic acids is 1. The van der Waals surface area contributed by atoms with Crippen LogP contribution in [-0.4, -0.2) is 41.5 Å². The smallest absolute Gasteiger partial charge is 0.254 e. The number of nitrogens with two attached hydrogens (primary N) is 1. The molecule has 1 aliphatic rings. The van der Waals surface area contributed by atoms with E-state index in [9.17, 15) is 4.79 Å². The summed E-state index contributed by atoms with van der Waals surface area (Å²) in [6.07, 6.45) is 3.27. The largest absolute Gasteiger partial charge is 0.495 e. The zero-order chi connectivity index (χ0) is 23.5. The van der Waals surface area contributed by atoms with Crippen LogP contribution in [0.25, 0.3) is 0 Å². The van der Waals surface area contributed by atoms with E-state index in [4.69, 9.17) is 10.5 Å². The van der Waals surface area contributed by atoms with Crippen LogP contribution in [0.5, 0.6) is 5.75 Å². The van der Waals surface area contributed by atoms with E-state index < -0.39 is 5.91 Å². The summed E-state index contributed by atoms with van der Waals surface area (Å²) < 4.78 is 5.62. The fourth-order valence-corrected chi connectivity index (χ4v) is 4.10. The third-order valence-corrected chi connectivity index (χ3v) is 5.92. The number of hydrogen-bond acceptors (Lipinski definition) is 7. The van der Waals surface area contributed by atoms with Crippen LogP contribution in [0.3, 0.4) is 0 Å². The summed E-state index contributed by atoms with van der Waals surface area (Å²) in [5.41, 5.74) is 12.3. The Bertz CT molecular complexity index is 1190. The molecule has 2 heterocycles. The Labute approximate surface area is 194 Å². The third-order valence-electron chi connectivity index (χ3n) is 5.92. The Morgan fingerprint density at radius 2 is 2.00 bits per heavy atom. The first-order valence-corrected chi connectivity index (χ1v) is 11.1. The number of aromatic nitrogens is 2. The Kier molecular flexibility index (Phi) is 6.46. The molecule has 3 aromatic rings. The van der Waals surface area contributed by atoms with Crippen molar-refractivity contribution in [1.29, 1.82) is 0 Å². The summed E-state index contributed by atoms with van der Waals surface area (Å²) in [5, 5.41) is 6.54. The lowest BCUT2D eigenvalue weighted by Crippen LogP contribution is -2.26. The van der Waals surface area contributed by atoms with E-state index in [1.807, 2.05) is 19.1 Å². The molecule has 0 saturated carbocycles. The first-order chi connectivity index (χ1) is 15.9. The maximum Gasteiger partial charge on any atom is 0.254 e. The van der Waals surface area contributed by atoms with Crippen molar-refractivity contribution in [2.75, 3.05) is 31.3 Å². The molecule has 0 saturated heterocycles. The van der Waals surface area contributed by atoms with Crippen LogP contribution in [-0.2, 0) is 19.4 Å². The van der Waals surface area contributed by atoms with Gasteiger partial charge in [-0.1, -0.05) is 24.6 Å². The maximum atomic E-state index is 12.0. The van der Waals surface area contributed by atoms with E-state index in [-0.39, 0.29) is 5.56 Å². The molecule has 4 N–H and O–H groups in total. The van der Waals surface area contributed by atoms with Gasteiger partial charge < -0.3 is 26.0 Å². The number of rotatable bonds is 7. The van der Waals surface area contributed by atoms with Crippen LogP contribution in [0.1, 0.15) is 39.5 Å². The summed E-state index contributed by atoms with van der Waals surface area (Å²) in [5.74, 6) is 0.830. The molecule has 0 aliphatic carbocycles. The monoisotopic (exact) mass is 446 g/mol. The Morgan fingerprint density at radius 1 is 1.18 bits per heavy atom. The minimum Gasteiger partial charge on any atom is -0.495 e. The molecule has 0 bridgehead atoms. The number of benzene rings is 2. The topological polar surface area (TPSA) is 105 Å². The number of primary amides is 1. The number of methoxy groups -OCH3 is 1. The van der Waals surface area contributed by atoms with Gasteiger partial charge in [0, 0.05) is 25.0 Å². The Balaban J connectivity index is 1.69. The minimum atomic E-state index is -0.594. The fraction of sp³-hybridized carbons (Fsp3) is 0.320.